The number of amides is 1. The molecule has 0 unspecified atom stereocenters. The van der Waals surface area contributed by atoms with Gasteiger partial charge in [-0.05, 0) is 24.1 Å². The molecule has 1 aromatic rings. The quantitative estimate of drug-likeness (QED) is 0.819. The Bertz CT molecular complexity index is 382. The average molecular weight is 247 g/mol. The highest BCUT2D eigenvalue weighted by Crippen LogP contribution is 2.30. The number of benzene rings is 1. The van der Waals surface area contributed by atoms with Gasteiger partial charge in [-0.25, -0.2) is 0 Å². The molecule has 5 heteroatoms. The van der Waals surface area contributed by atoms with Gasteiger partial charge in [-0.1, -0.05) is 17.7 Å². The monoisotopic (exact) mass is 246 g/mol. The summed E-state index contributed by atoms with van der Waals surface area (Å²) in [6.45, 7) is 0.762. The molecule has 82 valence electrons. The van der Waals surface area contributed by atoms with Gasteiger partial charge < -0.3 is 10.6 Å². The van der Waals surface area contributed by atoms with Gasteiger partial charge in [0.25, 0.3) is 0 Å². The van der Waals surface area contributed by atoms with Crippen LogP contribution in [0.25, 0.3) is 0 Å². The molecule has 15 heavy (non-hydrogen) atoms. The van der Waals surface area contributed by atoms with Crippen molar-refractivity contribution in [2.75, 3.05) is 18.0 Å². The number of nitrogens with two attached hydrogens (primary N) is 1. The Kier molecular flexibility index (Phi) is 3.97. The molecule has 0 aliphatic carbocycles. The zero-order valence-electron chi connectivity index (χ0n) is 8.07. The minimum absolute atomic E-state index is 0. The summed E-state index contributed by atoms with van der Waals surface area (Å²) in [4.78, 5) is 13.1. The molecule has 0 saturated heterocycles. The predicted octanol–water partition coefficient (Wildman–Crippen LogP) is 1.61. The van der Waals surface area contributed by atoms with Crippen molar-refractivity contribution < 1.29 is 4.79 Å². The van der Waals surface area contributed by atoms with Crippen molar-refractivity contribution in [3.05, 3.63) is 28.8 Å². The van der Waals surface area contributed by atoms with Crippen molar-refractivity contribution in [2.24, 2.45) is 5.73 Å². The van der Waals surface area contributed by atoms with Crippen molar-refractivity contribution in [3.8, 4) is 0 Å². The zero-order chi connectivity index (χ0) is 10.1. The minimum atomic E-state index is -0.0500. The standard InChI is InChI=1S/C10H11ClN2O.ClH/c11-8-2-1-7-3-4-13(9(7)5-8)10(14)6-12;/h1-2,5H,3-4,6,12H2;1H. The van der Waals surface area contributed by atoms with E-state index in [0.717, 1.165) is 17.7 Å². The Labute approximate surface area is 99.6 Å². The van der Waals surface area contributed by atoms with E-state index in [9.17, 15) is 4.79 Å². The largest absolute Gasteiger partial charge is 0.322 e. The Morgan fingerprint density at radius 2 is 2.27 bits per heavy atom. The van der Waals surface area contributed by atoms with Gasteiger partial charge in [0.1, 0.15) is 0 Å². The molecular formula is C10H12Cl2N2O. The number of nitrogens with zero attached hydrogens (tertiary/aromatic N) is 1. The summed E-state index contributed by atoms with van der Waals surface area (Å²) in [5.41, 5.74) is 7.40. The molecule has 0 spiro atoms. The molecule has 0 fully saturated rings. The average Bonchev–Trinajstić information content (AvgIpc) is 2.59. The third-order valence-electron chi connectivity index (χ3n) is 2.42. The van der Waals surface area contributed by atoms with Gasteiger partial charge in [-0.15, -0.1) is 12.4 Å². The summed E-state index contributed by atoms with van der Waals surface area (Å²) in [6, 6.07) is 5.62. The number of hydrogen-bond donors (Lipinski definition) is 1. The van der Waals surface area contributed by atoms with Gasteiger partial charge >= 0.3 is 0 Å². The van der Waals surface area contributed by atoms with Crippen LogP contribution in [0.15, 0.2) is 18.2 Å². The fourth-order valence-corrected chi connectivity index (χ4v) is 1.89. The number of carbonyl (C=O) groups is 1. The highest BCUT2D eigenvalue weighted by Gasteiger charge is 2.23. The van der Waals surface area contributed by atoms with E-state index in [0.29, 0.717) is 11.6 Å². The van der Waals surface area contributed by atoms with Gasteiger partial charge in [0, 0.05) is 17.3 Å². The topological polar surface area (TPSA) is 46.3 Å². The molecular weight excluding hydrogens is 235 g/mol. The van der Waals surface area contributed by atoms with E-state index < -0.39 is 0 Å². The maximum Gasteiger partial charge on any atom is 0.240 e. The SMILES string of the molecule is Cl.NCC(=O)N1CCc2ccc(Cl)cc21. The molecule has 2 N–H and O–H groups in total. The first kappa shape index (κ1) is 12.3. The van der Waals surface area contributed by atoms with Crippen LogP contribution in [0, 0.1) is 0 Å². The van der Waals surface area contributed by atoms with Crippen molar-refractivity contribution in [2.45, 2.75) is 6.42 Å². The van der Waals surface area contributed by atoms with Crippen LogP contribution in [0.1, 0.15) is 5.56 Å². The van der Waals surface area contributed by atoms with E-state index in [2.05, 4.69) is 0 Å². The molecule has 1 heterocycles. The zero-order valence-corrected chi connectivity index (χ0v) is 9.64. The van der Waals surface area contributed by atoms with Gasteiger partial charge in [-0.2, -0.15) is 0 Å². The van der Waals surface area contributed by atoms with Gasteiger partial charge in [0.15, 0.2) is 0 Å². The number of carbonyl (C=O) groups excluding carboxylic acids is 1. The Morgan fingerprint density at radius 1 is 1.53 bits per heavy atom. The lowest BCUT2D eigenvalue weighted by molar-refractivity contribution is -0.117. The molecule has 0 bridgehead atoms. The second-order valence-corrected chi connectivity index (χ2v) is 3.71. The summed E-state index contributed by atoms with van der Waals surface area (Å²) >= 11 is 5.87. The molecule has 0 saturated carbocycles. The third kappa shape index (κ3) is 2.25. The third-order valence-corrected chi connectivity index (χ3v) is 2.65. The van der Waals surface area contributed by atoms with Crippen LogP contribution < -0.4 is 10.6 Å². The van der Waals surface area contributed by atoms with Crippen LogP contribution in [0.5, 0.6) is 0 Å². The predicted molar refractivity (Wildman–Crippen MR) is 63.8 cm³/mol. The molecule has 1 aromatic carbocycles. The number of rotatable bonds is 1. The Hall–Kier alpha value is -0.770. The second-order valence-electron chi connectivity index (χ2n) is 3.27. The normalized spacial score (nSPS) is 13.3. The van der Waals surface area contributed by atoms with Crippen molar-refractivity contribution in [1.82, 2.24) is 0 Å². The molecule has 1 aliphatic heterocycles. The molecule has 0 radical (unpaired) electrons. The number of fused-ring (bicyclic) bond motifs is 1. The highest BCUT2D eigenvalue weighted by atomic mass is 35.5. The molecule has 1 amide bonds. The first-order chi connectivity index (χ1) is 6.72. The summed E-state index contributed by atoms with van der Waals surface area (Å²) in [5.74, 6) is -0.0500. The number of hydrogen-bond acceptors (Lipinski definition) is 2. The number of anilines is 1. The lowest BCUT2D eigenvalue weighted by Gasteiger charge is -2.16. The van der Waals surface area contributed by atoms with E-state index in [1.54, 1.807) is 4.90 Å². The maximum atomic E-state index is 11.4. The molecule has 2 rings (SSSR count). The summed E-state index contributed by atoms with van der Waals surface area (Å²) in [7, 11) is 0. The lowest BCUT2D eigenvalue weighted by atomic mass is 10.2. The fourth-order valence-electron chi connectivity index (χ4n) is 1.72. The van der Waals surface area contributed by atoms with Gasteiger partial charge in [-0.3, -0.25) is 4.79 Å². The number of halogens is 2. The summed E-state index contributed by atoms with van der Waals surface area (Å²) in [6.07, 6.45) is 0.887. The van der Waals surface area contributed by atoms with E-state index in [4.69, 9.17) is 17.3 Å². The van der Waals surface area contributed by atoms with Crippen LogP contribution in [-0.4, -0.2) is 19.0 Å². The van der Waals surface area contributed by atoms with Crippen LogP contribution in [0.3, 0.4) is 0 Å². The first-order valence-electron chi connectivity index (χ1n) is 4.51. The van der Waals surface area contributed by atoms with Crippen molar-refractivity contribution in [1.29, 1.82) is 0 Å². The maximum absolute atomic E-state index is 11.4. The molecule has 1 aliphatic rings. The molecule has 3 nitrogen and oxygen atoms in total. The highest BCUT2D eigenvalue weighted by molar-refractivity contribution is 6.31. The minimum Gasteiger partial charge on any atom is -0.322 e. The van der Waals surface area contributed by atoms with E-state index >= 15 is 0 Å². The van der Waals surface area contributed by atoms with E-state index in [-0.39, 0.29) is 24.9 Å². The van der Waals surface area contributed by atoms with Crippen LogP contribution in [-0.2, 0) is 11.2 Å². The van der Waals surface area contributed by atoms with Gasteiger partial charge in [0.2, 0.25) is 5.91 Å². The Morgan fingerprint density at radius 3 is 2.93 bits per heavy atom. The second kappa shape index (κ2) is 4.84. The van der Waals surface area contributed by atoms with Gasteiger partial charge in [0.05, 0.1) is 6.54 Å². The van der Waals surface area contributed by atoms with Crippen LogP contribution >= 0.6 is 24.0 Å². The first-order valence-corrected chi connectivity index (χ1v) is 4.89. The van der Waals surface area contributed by atoms with Crippen LogP contribution in [0.2, 0.25) is 5.02 Å². The summed E-state index contributed by atoms with van der Waals surface area (Å²) in [5, 5.41) is 0.653. The van der Waals surface area contributed by atoms with Crippen LogP contribution in [0.4, 0.5) is 5.69 Å². The van der Waals surface area contributed by atoms with E-state index in [1.165, 1.54) is 0 Å². The lowest BCUT2D eigenvalue weighted by Crippen LogP contribution is -2.34. The Balaban J connectivity index is 0.00000112. The fraction of sp³-hybridized carbons (Fsp3) is 0.300. The molecule has 0 atom stereocenters. The van der Waals surface area contributed by atoms with E-state index in [1.807, 2.05) is 18.2 Å². The smallest absolute Gasteiger partial charge is 0.240 e. The van der Waals surface area contributed by atoms with Crippen molar-refractivity contribution >= 4 is 35.6 Å². The van der Waals surface area contributed by atoms with Crippen molar-refractivity contribution in [3.63, 3.8) is 0 Å². The molecule has 0 aromatic heterocycles. The summed E-state index contributed by atoms with van der Waals surface area (Å²) < 4.78 is 0.